The van der Waals surface area contributed by atoms with E-state index in [0.29, 0.717) is 5.56 Å². The van der Waals surface area contributed by atoms with Crippen molar-refractivity contribution in [2.75, 3.05) is 6.61 Å². The van der Waals surface area contributed by atoms with Crippen molar-refractivity contribution in [1.29, 1.82) is 5.26 Å². The average Bonchev–Trinajstić information content (AvgIpc) is 2.51. The molecule has 1 aromatic heterocycles. The molecule has 0 bridgehead atoms. The number of hydrogen-bond donors (Lipinski definition) is 1. The van der Waals surface area contributed by atoms with Crippen LogP contribution in [0.1, 0.15) is 29.4 Å². The lowest BCUT2D eigenvalue weighted by atomic mass is 9.80. The summed E-state index contributed by atoms with van der Waals surface area (Å²) in [7, 11) is 0. The third-order valence-corrected chi connectivity index (χ3v) is 3.40. The van der Waals surface area contributed by atoms with E-state index < -0.39 is 23.5 Å². The molecule has 3 nitrogen and oxygen atoms in total. The normalized spacial score (nSPS) is 13.4. The minimum absolute atomic E-state index is 0.104. The highest BCUT2D eigenvalue weighted by molar-refractivity contribution is 5.33. The first-order valence-electron chi connectivity index (χ1n) is 6.52. The Hall–Kier alpha value is -2.32. The minimum atomic E-state index is -0.684. The second-order valence-corrected chi connectivity index (χ2v) is 4.67. The van der Waals surface area contributed by atoms with Crippen LogP contribution in [-0.2, 0) is 0 Å². The molecule has 5 heteroatoms. The highest BCUT2D eigenvalue weighted by Crippen LogP contribution is 2.36. The quantitative estimate of drug-likeness (QED) is 0.919. The van der Waals surface area contributed by atoms with Gasteiger partial charge in [-0.1, -0.05) is 0 Å². The molecule has 1 N–H and O–H groups in total. The molecule has 1 aromatic carbocycles. The van der Waals surface area contributed by atoms with E-state index in [1.165, 1.54) is 12.4 Å². The van der Waals surface area contributed by atoms with Gasteiger partial charge in [0, 0.05) is 24.9 Å². The molecule has 0 unspecified atom stereocenters. The lowest BCUT2D eigenvalue weighted by Crippen LogP contribution is -2.14. The van der Waals surface area contributed by atoms with Crippen LogP contribution < -0.4 is 0 Å². The summed E-state index contributed by atoms with van der Waals surface area (Å²) in [5.74, 6) is -2.46. The third kappa shape index (κ3) is 3.41. The molecule has 0 aliphatic carbocycles. The van der Waals surface area contributed by atoms with Crippen LogP contribution in [-0.4, -0.2) is 16.7 Å². The maximum absolute atomic E-state index is 14.0. The van der Waals surface area contributed by atoms with Gasteiger partial charge in [-0.25, -0.2) is 8.78 Å². The molecule has 2 atom stereocenters. The van der Waals surface area contributed by atoms with Crippen molar-refractivity contribution in [2.24, 2.45) is 0 Å². The van der Waals surface area contributed by atoms with E-state index in [2.05, 4.69) is 11.1 Å². The van der Waals surface area contributed by atoms with E-state index in [9.17, 15) is 19.1 Å². The molecule has 21 heavy (non-hydrogen) atoms. The molecule has 0 aliphatic heterocycles. The van der Waals surface area contributed by atoms with Crippen molar-refractivity contribution in [1.82, 2.24) is 4.98 Å². The van der Waals surface area contributed by atoms with Crippen LogP contribution in [0.5, 0.6) is 0 Å². The number of aliphatic hydroxyl groups excluding tert-OH is 1. The summed E-state index contributed by atoms with van der Waals surface area (Å²) in [6, 6.07) is 8.60. The van der Waals surface area contributed by atoms with Gasteiger partial charge in [-0.15, -0.1) is 0 Å². The molecule has 108 valence electrons. The Morgan fingerprint density at radius 2 is 1.90 bits per heavy atom. The van der Waals surface area contributed by atoms with Crippen molar-refractivity contribution in [3.8, 4) is 6.07 Å². The Morgan fingerprint density at radius 1 is 1.19 bits per heavy atom. The first-order chi connectivity index (χ1) is 10.2. The molecule has 0 radical (unpaired) electrons. The number of nitriles is 1. The number of hydrogen-bond acceptors (Lipinski definition) is 3. The average molecular weight is 288 g/mol. The van der Waals surface area contributed by atoms with Gasteiger partial charge in [0.25, 0.3) is 0 Å². The number of halogens is 2. The van der Waals surface area contributed by atoms with E-state index >= 15 is 0 Å². The fourth-order valence-corrected chi connectivity index (χ4v) is 2.41. The Kier molecular flexibility index (Phi) is 4.96. The van der Waals surface area contributed by atoms with Crippen LogP contribution in [0.2, 0.25) is 0 Å². The van der Waals surface area contributed by atoms with Gasteiger partial charge >= 0.3 is 0 Å². The van der Waals surface area contributed by atoms with Crippen LogP contribution >= 0.6 is 0 Å². The van der Waals surface area contributed by atoms with Crippen LogP contribution in [0.25, 0.3) is 0 Å². The summed E-state index contributed by atoms with van der Waals surface area (Å²) in [4.78, 5) is 3.88. The van der Waals surface area contributed by atoms with Crippen LogP contribution in [0.4, 0.5) is 8.78 Å². The summed E-state index contributed by atoms with van der Waals surface area (Å²) in [5.41, 5.74) is 0.766. The van der Waals surface area contributed by atoms with E-state index in [1.807, 2.05) is 0 Å². The zero-order chi connectivity index (χ0) is 15.2. The van der Waals surface area contributed by atoms with Gasteiger partial charge in [-0.3, -0.25) is 4.98 Å². The predicted octanol–water partition coefficient (Wildman–Crippen LogP) is 3.13. The fraction of sp³-hybridized carbons (Fsp3) is 0.250. The lowest BCUT2D eigenvalue weighted by molar-refractivity contribution is 0.270. The van der Waals surface area contributed by atoms with Gasteiger partial charge in [0.1, 0.15) is 11.6 Å². The summed E-state index contributed by atoms with van der Waals surface area (Å²) < 4.78 is 27.4. The van der Waals surface area contributed by atoms with Crippen molar-refractivity contribution >= 4 is 0 Å². The Bertz CT molecular complexity index is 640. The van der Waals surface area contributed by atoms with E-state index in [4.69, 9.17) is 0 Å². The maximum Gasteiger partial charge on any atom is 0.126 e. The standard InChI is InChI=1S/C16H14F2N2O/c17-12-1-2-16(18)14(9-12)13(5-8-21)15(10-19)11-3-6-20-7-4-11/h1-4,6-7,9,13,15,21H,5,8H2/t13-,15-/m0/s1. The molecular weight excluding hydrogens is 274 g/mol. The van der Waals surface area contributed by atoms with E-state index in [1.54, 1.807) is 12.1 Å². The Balaban J connectivity index is 2.47. The number of aromatic nitrogens is 1. The molecule has 2 aromatic rings. The topological polar surface area (TPSA) is 56.9 Å². The first-order valence-corrected chi connectivity index (χ1v) is 6.52. The van der Waals surface area contributed by atoms with E-state index in [-0.39, 0.29) is 18.6 Å². The monoisotopic (exact) mass is 288 g/mol. The molecule has 0 saturated heterocycles. The van der Waals surface area contributed by atoms with Gasteiger partial charge in [0.15, 0.2) is 0 Å². The number of nitrogens with zero attached hydrogens (tertiary/aromatic N) is 2. The Morgan fingerprint density at radius 3 is 2.52 bits per heavy atom. The number of aliphatic hydroxyl groups is 1. The highest BCUT2D eigenvalue weighted by atomic mass is 19.1. The van der Waals surface area contributed by atoms with Crippen molar-refractivity contribution < 1.29 is 13.9 Å². The van der Waals surface area contributed by atoms with Gasteiger partial charge in [0.2, 0.25) is 0 Å². The number of pyridine rings is 1. The maximum atomic E-state index is 14.0. The zero-order valence-corrected chi connectivity index (χ0v) is 11.2. The van der Waals surface area contributed by atoms with Crippen molar-refractivity contribution in [2.45, 2.75) is 18.3 Å². The summed E-state index contributed by atoms with van der Waals surface area (Å²) >= 11 is 0. The molecule has 0 amide bonds. The van der Waals surface area contributed by atoms with Crippen LogP contribution in [0.15, 0.2) is 42.7 Å². The predicted molar refractivity (Wildman–Crippen MR) is 73.4 cm³/mol. The Labute approximate surface area is 121 Å². The van der Waals surface area contributed by atoms with Crippen molar-refractivity contribution in [3.63, 3.8) is 0 Å². The highest BCUT2D eigenvalue weighted by Gasteiger charge is 2.27. The second-order valence-electron chi connectivity index (χ2n) is 4.67. The summed E-state index contributed by atoms with van der Waals surface area (Å²) in [6.45, 7) is -0.218. The molecular formula is C16H14F2N2O. The van der Waals surface area contributed by atoms with Gasteiger partial charge in [-0.05, 0) is 47.9 Å². The van der Waals surface area contributed by atoms with Gasteiger partial charge in [-0.2, -0.15) is 5.26 Å². The smallest absolute Gasteiger partial charge is 0.126 e. The van der Waals surface area contributed by atoms with Crippen LogP contribution in [0, 0.1) is 23.0 Å². The van der Waals surface area contributed by atoms with Gasteiger partial charge in [0.05, 0.1) is 12.0 Å². The molecule has 2 rings (SSSR count). The number of benzene rings is 1. The molecule has 0 spiro atoms. The summed E-state index contributed by atoms with van der Waals surface area (Å²) in [5, 5.41) is 18.6. The minimum Gasteiger partial charge on any atom is -0.396 e. The summed E-state index contributed by atoms with van der Waals surface area (Å²) in [6.07, 6.45) is 3.25. The molecule has 1 heterocycles. The van der Waals surface area contributed by atoms with Crippen LogP contribution in [0.3, 0.4) is 0 Å². The van der Waals surface area contributed by atoms with E-state index in [0.717, 1.165) is 18.2 Å². The lowest BCUT2D eigenvalue weighted by Gasteiger charge is -2.22. The molecule has 0 aliphatic rings. The molecule has 0 saturated carbocycles. The third-order valence-electron chi connectivity index (χ3n) is 3.40. The molecule has 0 fully saturated rings. The fourth-order valence-electron chi connectivity index (χ4n) is 2.41. The second kappa shape index (κ2) is 6.91. The largest absolute Gasteiger partial charge is 0.396 e. The SMILES string of the molecule is N#C[C@@H](c1ccncc1)[C@@H](CCO)c1cc(F)ccc1F. The number of rotatable bonds is 5. The van der Waals surface area contributed by atoms with Gasteiger partial charge < -0.3 is 5.11 Å². The zero-order valence-electron chi connectivity index (χ0n) is 11.2. The van der Waals surface area contributed by atoms with Crippen molar-refractivity contribution in [3.05, 3.63) is 65.5 Å². The first kappa shape index (κ1) is 15.1.